The molecule has 0 unspecified atom stereocenters. The van der Waals surface area contributed by atoms with Crippen LogP contribution in [0.4, 0.5) is 23.2 Å². The zero-order valence-electron chi connectivity index (χ0n) is 16.4. The van der Waals surface area contributed by atoms with Crippen molar-refractivity contribution in [1.82, 2.24) is 0 Å². The van der Waals surface area contributed by atoms with Gasteiger partial charge in [0.1, 0.15) is 17.3 Å². The zero-order chi connectivity index (χ0) is 23.6. The fourth-order valence-electron chi connectivity index (χ4n) is 2.86. The smallest absolute Gasteiger partial charge is 0.417 e. The largest absolute Gasteiger partial charge is 0.455 e. The van der Waals surface area contributed by atoms with E-state index < -0.39 is 40.7 Å². The van der Waals surface area contributed by atoms with Crippen molar-refractivity contribution in [3.63, 3.8) is 0 Å². The number of rotatable bonds is 5. The summed E-state index contributed by atoms with van der Waals surface area (Å²) in [5.74, 6) is -3.18. The third-order valence-electron chi connectivity index (χ3n) is 4.44. The first-order chi connectivity index (χ1) is 15.0. The van der Waals surface area contributed by atoms with Crippen LogP contribution in [-0.4, -0.2) is 11.8 Å². The molecule has 166 valence electrons. The van der Waals surface area contributed by atoms with E-state index in [1.54, 1.807) is 6.92 Å². The molecule has 2 amide bonds. The van der Waals surface area contributed by atoms with Crippen molar-refractivity contribution in [2.24, 2.45) is 5.73 Å². The van der Waals surface area contributed by atoms with Crippen molar-refractivity contribution in [3.05, 3.63) is 87.7 Å². The lowest BCUT2D eigenvalue weighted by atomic mass is 10.0. The molecule has 0 radical (unpaired) electrons. The predicted octanol–water partition coefficient (Wildman–Crippen LogP) is 5.95. The minimum absolute atomic E-state index is 0.0598. The molecule has 5 nitrogen and oxygen atoms in total. The van der Waals surface area contributed by atoms with Crippen LogP contribution < -0.4 is 15.8 Å². The minimum atomic E-state index is -4.89. The molecule has 3 rings (SSSR count). The quantitative estimate of drug-likeness (QED) is 0.456. The molecule has 0 aliphatic heterocycles. The number of halogens is 5. The van der Waals surface area contributed by atoms with Crippen molar-refractivity contribution >= 4 is 29.1 Å². The molecule has 0 spiro atoms. The zero-order valence-corrected chi connectivity index (χ0v) is 17.1. The molecule has 0 aliphatic carbocycles. The number of amides is 2. The Kier molecular flexibility index (Phi) is 6.40. The number of carbonyl (C=O) groups excluding carboxylic acids is 2. The Labute approximate surface area is 184 Å². The number of carbonyl (C=O) groups is 2. The van der Waals surface area contributed by atoms with Crippen LogP contribution in [0.1, 0.15) is 31.8 Å². The molecule has 0 aliphatic rings. The van der Waals surface area contributed by atoms with Crippen LogP contribution in [0.2, 0.25) is 5.02 Å². The van der Waals surface area contributed by atoms with Crippen LogP contribution in [0, 0.1) is 12.7 Å². The molecule has 32 heavy (non-hydrogen) atoms. The Morgan fingerprint density at radius 3 is 2.38 bits per heavy atom. The third kappa shape index (κ3) is 5.00. The fraction of sp³-hybridized carbons (Fsp3) is 0.0909. The first kappa shape index (κ1) is 23.1. The number of primary amides is 1. The van der Waals surface area contributed by atoms with Gasteiger partial charge in [0.05, 0.1) is 16.1 Å². The monoisotopic (exact) mass is 466 g/mol. The molecule has 10 heteroatoms. The summed E-state index contributed by atoms with van der Waals surface area (Å²) in [7, 11) is 0. The summed E-state index contributed by atoms with van der Waals surface area (Å²) in [5, 5.41) is 2.17. The Morgan fingerprint density at radius 1 is 1.03 bits per heavy atom. The number of anilines is 1. The highest BCUT2D eigenvalue weighted by molar-refractivity contribution is 6.32. The van der Waals surface area contributed by atoms with Gasteiger partial charge >= 0.3 is 6.18 Å². The van der Waals surface area contributed by atoms with Gasteiger partial charge in [0.15, 0.2) is 0 Å². The summed E-state index contributed by atoms with van der Waals surface area (Å²) in [6.45, 7) is 1.59. The lowest BCUT2D eigenvalue weighted by Gasteiger charge is -2.18. The summed E-state index contributed by atoms with van der Waals surface area (Å²) in [4.78, 5) is 24.4. The van der Waals surface area contributed by atoms with Crippen molar-refractivity contribution in [3.8, 4) is 11.5 Å². The van der Waals surface area contributed by atoms with Gasteiger partial charge in [-0.3, -0.25) is 9.59 Å². The Hall–Kier alpha value is -3.59. The molecule has 0 atom stereocenters. The fourth-order valence-corrected chi connectivity index (χ4v) is 3.06. The number of hydrogen-bond donors (Lipinski definition) is 2. The highest BCUT2D eigenvalue weighted by Crippen LogP contribution is 2.39. The van der Waals surface area contributed by atoms with Gasteiger partial charge in [0, 0.05) is 11.3 Å². The van der Waals surface area contributed by atoms with Crippen molar-refractivity contribution < 1.29 is 31.9 Å². The van der Waals surface area contributed by atoms with Gasteiger partial charge in [-0.05, 0) is 55.0 Å². The van der Waals surface area contributed by atoms with E-state index in [1.165, 1.54) is 18.2 Å². The van der Waals surface area contributed by atoms with E-state index >= 15 is 0 Å². The predicted molar refractivity (Wildman–Crippen MR) is 111 cm³/mol. The van der Waals surface area contributed by atoms with E-state index in [0.29, 0.717) is 5.56 Å². The maximum atomic E-state index is 13.7. The SMILES string of the molecule is Cc1ccc(C(N)=O)cc1NC(=O)c1c(Oc2ccc(F)cc2Cl)cccc1C(F)(F)F. The van der Waals surface area contributed by atoms with Gasteiger partial charge in [-0.1, -0.05) is 23.7 Å². The highest BCUT2D eigenvalue weighted by atomic mass is 35.5. The van der Waals surface area contributed by atoms with E-state index in [0.717, 1.165) is 36.4 Å². The highest BCUT2D eigenvalue weighted by Gasteiger charge is 2.37. The second-order valence-electron chi connectivity index (χ2n) is 6.70. The van der Waals surface area contributed by atoms with Crippen molar-refractivity contribution in [2.75, 3.05) is 5.32 Å². The molecule has 3 aromatic carbocycles. The van der Waals surface area contributed by atoms with E-state index in [1.807, 2.05) is 0 Å². The summed E-state index contributed by atoms with van der Waals surface area (Å²) >= 11 is 5.91. The first-order valence-electron chi connectivity index (χ1n) is 9.02. The third-order valence-corrected chi connectivity index (χ3v) is 4.74. The number of nitrogens with two attached hydrogens (primary N) is 1. The van der Waals surface area contributed by atoms with Gasteiger partial charge in [0.25, 0.3) is 5.91 Å². The number of alkyl halides is 3. The van der Waals surface area contributed by atoms with E-state index in [4.69, 9.17) is 22.1 Å². The van der Waals surface area contributed by atoms with E-state index in [9.17, 15) is 27.2 Å². The first-order valence-corrected chi connectivity index (χ1v) is 9.40. The van der Waals surface area contributed by atoms with Gasteiger partial charge in [-0.2, -0.15) is 13.2 Å². The second-order valence-corrected chi connectivity index (χ2v) is 7.11. The Morgan fingerprint density at radius 2 is 1.75 bits per heavy atom. The average molecular weight is 467 g/mol. The van der Waals surface area contributed by atoms with Gasteiger partial charge in [-0.25, -0.2) is 4.39 Å². The van der Waals surface area contributed by atoms with Crippen molar-refractivity contribution in [2.45, 2.75) is 13.1 Å². The number of hydrogen-bond acceptors (Lipinski definition) is 3. The van der Waals surface area contributed by atoms with Gasteiger partial charge < -0.3 is 15.8 Å². The van der Waals surface area contributed by atoms with Gasteiger partial charge in [-0.15, -0.1) is 0 Å². The Balaban J connectivity index is 2.08. The van der Waals surface area contributed by atoms with Crippen LogP contribution in [0.3, 0.4) is 0 Å². The molecule has 0 fully saturated rings. The molecule has 3 N–H and O–H groups in total. The molecule has 3 aromatic rings. The Bertz CT molecular complexity index is 1210. The second kappa shape index (κ2) is 8.88. The van der Waals surface area contributed by atoms with Crippen molar-refractivity contribution in [1.29, 1.82) is 0 Å². The molecule has 0 bridgehead atoms. The lowest BCUT2D eigenvalue weighted by molar-refractivity contribution is -0.138. The maximum Gasteiger partial charge on any atom is 0.417 e. The van der Waals surface area contributed by atoms with Gasteiger partial charge in [0.2, 0.25) is 5.91 Å². The number of nitrogens with one attached hydrogen (secondary N) is 1. The topological polar surface area (TPSA) is 81.4 Å². The van der Waals surface area contributed by atoms with Crippen LogP contribution in [-0.2, 0) is 6.18 Å². The maximum absolute atomic E-state index is 13.7. The van der Waals surface area contributed by atoms with E-state index in [-0.39, 0.29) is 22.0 Å². The lowest BCUT2D eigenvalue weighted by Crippen LogP contribution is -2.20. The molecule has 0 saturated heterocycles. The number of benzene rings is 3. The normalized spacial score (nSPS) is 11.2. The molecule has 0 saturated carbocycles. The van der Waals surface area contributed by atoms with Crippen LogP contribution >= 0.6 is 11.6 Å². The number of ether oxygens (including phenoxy) is 1. The number of aryl methyl sites for hydroxylation is 1. The molecular formula is C22H15ClF4N2O3. The van der Waals surface area contributed by atoms with E-state index in [2.05, 4.69) is 5.32 Å². The minimum Gasteiger partial charge on any atom is -0.455 e. The summed E-state index contributed by atoms with van der Waals surface area (Å²) in [6.07, 6.45) is -4.89. The summed E-state index contributed by atoms with van der Waals surface area (Å²) < 4.78 is 59.8. The van der Waals surface area contributed by atoms with Crippen LogP contribution in [0.25, 0.3) is 0 Å². The summed E-state index contributed by atoms with van der Waals surface area (Å²) in [5.41, 5.74) is 3.80. The van der Waals surface area contributed by atoms with Crippen LogP contribution in [0.15, 0.2) is 54.6 Å². The molecular weight excluding hydrogens is 452 g/mol. The molecule has 0 aromatic heterocycles. The summed E-state index contributed by atoms with van der Waals surface area (Å²) in [6, 6.07) is 10.1. The molecule has 0 heterocycles. The standard InChI is InChI=1S/C22H15ClF4N2O3/c1-11-5-6-12(20(28)30)9-16(11)29-21(31)19-14(22(25,26)27)3-2-4-18(19)32-17-8-7-13(24)10-15(17)23/h2-10H,1H3,(H2,28,30)(H,29,31). The average Bonchev–Trinajstić information content (AvgIpc) is 2.70. The van der Waals surface area contributed by atoms with Crippen LogP contribution in [0.5, 0.6) is 11.5 Å².